The van der Waals surface area contributed by atoms with E-state index in [0.717, 1.165) is 0 Å². The number of carbonyl (C=O) groups is 2. The monoisotopic (exact) mass is 320 g/mol. The topological polar surface area (TPSA) is 126 Å². The second-order valence-electron chi connectivity index (χ2n) is 3.80. The number of imidazole rings is 1. The van der Waals surface area contributed by atoms with Gasteiger partial charge in [0, 0.05) is 7.11 Å². The highest BCUT2D eigenvalue weighted by molar-refractivity contribution is 6.28. The van der Waals surface area contributed by atoms with Gasteiger partial charge in [0.05, 0.1) is 6.61 Å². The lowest BCUT2D eigenvalue weighted by Crippen LogP contribution is -2.37. The summed E-state index contributed by atoms with van der Waals surface area (Å²) in [6.45, 7) is -0.0650. The fraction of sp³-hybridized carbons (Fsp3) is 0.500. The number of aromatic nitrogens is 2. The van der Waals surface area contributed by atoms with Crippen LogP contribution in [0.3, 0.4) is 0 Å². The van der Waals surface area contributed by atoms with Crippen molar-refractivity contribution < 1.29 is 24.0 Å². The lowest BCUT2D eigenvalue weighted by atomic mass is 10.3. The lowest BCUT2D eigenvalue weighted by Gasteiger charge is -2.16. The number of alkyl carbamates (subject to hydrolysis) is 1. The van der Waals surface area contributed by atoms with Crippen molar-refractivity contribution in [1.82, 2.24) is 14.9 Å². The van der Waals surface area contributed by atoms with Crippen molar-refractivity contribution in [3.05, 3.63) is 22.5 Å². The largest absolute Gasteiger partial charge is 0.440 e. The molecule has 0 aromatic carbocycles. The van der Waals surface area contributed by atoms with E-state index in [0.29, 0.717) is 0 Å². The summed E-state index contributed by atoms with van der Waals surface area (Å²) in [5.74, 6) is -1.50. The Labute approximate surface area is 124 Å². The molecule has 0 aliphatic rings. The number of carbonyl (C=O) groups excluding carboxylic acids is 2. The van der Waals surface area contributed by atoms with Gasteiger partial charge in [-0.3, -0.25) is 10.1 Å². The highest BCUT2D eigenvalue weighted by Crippen LogP contribution is 2.10. The Morgan fingerprint density at radius 1 is 1.62 bits per heavy atom. The molecule has 0 saturated heterocycles. The molecule has 0 aliphatic carbocycles. The average molecular weight is 321 g/mol. The van der Waals surface area contributed by atoms with Crippen LogP contribution in [0.5, 0.6) is 0 Å². The van der Waals surface area contributed by atoms with Crippen LogP contribution in [-0.4, -0.2) is 52.2 Å². The Bertz CT molecular complexity index is 519. The molecule has 1 aromatic rings. The van der Waals surface area contributed by atoms with E-state index in [1.165, 1.54) is 24.1 Å². The molecule has 0 spiro atoms. The first-order chi connectivity index (χ1) is 9.97. The number of halogens is 1. The third kappa shape index (κ3) is 5.36. The Morgan fingerprint density at radius 3 is 2.90 bits per heavy atom. The summed E-state index contributed by atoms with van der Waals surface area (Å²) >= 11 is 5.23. The molecule has 1 rings (SSSR count). The molecule has 0 fully saturated rings. The molecule has 1 atom stereocenters. The van der Waals surface area contributed by atoms with Crippen molar-refractivity contribution >= 4 is 29.5 Å². The second-order valence-corrected chi connectivity index (χ2v) is 4.07. The van der Waals surface area contributed by atoms with Gasteiger partial charge in [-0.2, -0.15) is 0 Å². The Kier molecular flexibility index (Phi) is 6.56. The molecule has 1 N–H and O–H groups in total. The Morgan fingerprint density at radius 2 is 2.33 bits per heavy atom. The maximum absolute atomic E-state index is 11.4. The third-order valence-electron chi connectivity index (χ3n) is 2.25. The number of alkyl halides is 1. The zero-order valence-electron chi connectivity index (χ0n) is 11.0. The van der Waals surface area contributed by atoms with E-state index in [4.69, 9.17) is 21.1 Å². The normalized spacial score (nSPS) is 11.7. The molecule has 2 amide bonds. The summed E-state index contributed by atoms with van der Waals surface area (Å²) in [6.07, 6.45) is 0.766. The molecule has 1 heterocycles. The molecular formula is C10H13ClN4O6. The predicted octanol–water partition coefficient (Wildman–Crippen LogP) is 0.298. The van der Waals surface area contributed by atoms with Gasteiger partial charge in [0.25, 0.3) is 0 Å². The number of amides is 2. The number of rotatable bonds is 7. The van der Waals surface area contributed by atoms with E-state index in [1.807, 2.05) is 5.32 Å². The Hall–Kier alpha value is -2.20. The van der Waals surface area contributed by atoms with Crippen LogP contribution in [0.2, 0.25) is 0 Å². The summed E-state index contributed by atoms with van der Waals surface area (Å²) in [4.78, 5) is 36.0. The van der Waals surface area contributed by atoms with Gasteiger partial charge in [-0.15, -0.1) is 11.6 Å². The molecule has 10 nitrogen and oxygen atoms in total. The fourth-order valence-electron chi connectivity index (χ4n) is 1.47. The predicted molar refractivity (Wildman–Crippen MR) is 69.9 cm³/mol. The van der Waals surface area contributed by atoms with E-state index in [2.05, 4.69) is 4.98 Å². The molecule has 21 heavy (non-hydrogen) atoms. The first kappa shape index (κ1) is 16.9. The number of hydrogen-bond acceptors (Lipinski definition) is 7. The van der Waals surface area contributed by atoms with E-state index >= 15 is 0 Å². The minimum absolute atomic E-state index is 0.0161. The van der Waals surface area contributed by atoms with Crippen molar-refractivity contribution in [1.29, 1.82) is 0 Å². The lowest BCUT2D eigenvalue weighted by molar-refractivity contribution is -0.397. The molecule has 0 aliphatic heterocycles. The van der Waals surface area contributed by atoms with Crippen LogP contribution in [0.4, 0.5) is 10.7 Å². The highest BCUT2D eigenvalue weighted by atomic mass is 35.5. The van der Waals surface area contributed by atoms with Gasteiger partial charge >= 0.3 is 12.0 Å². The number of imide groups is 1. The van der Waals surface area contributed by atoms with Crippen LogP contribution in [0.1, 0.15) is 0 Å². The van der Waals surface area contributed by atoms with Crippen molar-refractivity contribution in [2.75, 3.05) is 19.6 Å². The minimum Gasteiger partial charge on any atom is -0.440 e. The van der Waals surface area contributed by atoms with Crippen molar-refractivity contribution in [2.45, 2.75) is 12.6 Å². The minimum atomic E-state index is -1.01. The van der Waals surface area contributed by atoms with Gasteiger partial charge in [-0.1, -0.05) is 4.98 Å². The summed E-state index contributed by atoms with van der Waals surface area (Å²) in [6, 6.07) is 0. The van der Waals surface area contributed by atoms with Gasteiger partial charge in [0.15, 0.2) is 6.10 Å². The molecule has 11 heteroatoms. The number of nitrogens with one attached hydrogen (secondary N) is 1. The molecule has 1 aromatic heterocycles. The summed E-state index contributed by atoms with van der Waals surface area (Å²) < 4.78 is 11.0. The van der Waals surface area contributed by atoms with E-state index in [9.17, 15) is 19.7 Å². The van der Waals surface area contributed by atoms with Crippen LogP contribution >= 0.6 is 11.6 Å². The number of hydrogen-bond donors (Lipinski definition) is 1. The highest BCUT2D eigenvalue weighted by Gasteiger charge is 2.22. The van der Waals surface area contributed by atoms with Crippen molar-refractivity contribution in [3.8, 4) is 0 Å². The fourth-order valence-corrected chi connectivity index (χ4v) is 1.54. The quantitative estimate of drug-likeness (QED) is 0.435. The van der Waals surface area contributed by atoms with E-state index < -0.39 is 34.9 Å². The molecule has 0 unspecified atom stereocenters. The number of methoxy groups -OCH3 is 1. The maximum atomic E-state index is 11.4. The molecule has 0 bridgehead atoms. The van der Waals surface area contributed by atoms with Gasteiger partial charge < -0.3 is 19.6 Å². The SMILES string of the molecule is COC[C@@H](Cn1ccnc1[N+](=O)[O-])OC(=O)NC(=O)CCl. The Balaban J connectivity index is 2.69. The van der Waals surface area contributed by atoms with Gasteiger partial charge in [0.2, 0.25) is 5.91 Å². The van der Waals surface area contributed by atoms with Crippen molar-refractivity contribution in [3.63, 3.8) is 0 Å². The number of ether oxygens (including phenoxy) is 2. The number of nitrogens with zero attached hydrogens (tertiary/aromatic N) is 3. The first-order valence-corrected chi connectivity index (χ1v) is 6.22. The first-order valence-electron chi connectivity index (χ1n) is 5.68. The van der Waals surface area contributed by atoms with Crippen LogP contribution in [0.25, 0.3) is 0 Å². The second kappa shape index (κ2) is 8.17. The summed E-state index contributed by atoms with van der Waals surface area (Å²) in [5, 5.41) is 12.6. The number of nitro groups is 1. The maximum Gasteiger partial charge on any atom is 0.434 e. The van der Waals surface area contributed by atoms with E-state index in [-0.39, 0.29) is 13.2 Å². The molecule has 116 valence electrons. The van der Waals surface area contributed by atoms with Crippen LogP contribution in [-0.2, 0) is 20.8 Å². The van der Waals surface area contributed by atoms with Gasteiger partial charge in [-0.25, -0.2) is 9.36 Å². The zero-order chi connectivity index (χ0) is 15.8. The van der Waals surface area contributed by atoms with Crippen LogP contribution < -0.4 is 5.32 Å². The summed E-state index contributed by atoms with van der Waals surface area (Å²) in [7, 11) is 1.38. The summed E-state index contributed by atoms with van der Waals surface area (Å²) in [5.41, 5.74) is 0. The molecular weight excluding hydrogens is 308 g/mol. The molecule has 0 saturated carbocycles. The molecule has 0 radical (unpaired) electrons. The van der Waals surface area contributed by atoms with Gasteiger partial charge in [0.1, 0.15) is 24.8 Å². The average Bonchev–Trinajstić information content (AvgIpc) is 2.86. The zero-order valence-corrected chi connectivity index (χ0v) is 11.8. The third-order valence-corrected chi connectivity index (χ3v) is 2.49. The van der Waals surface area contributed by atoms with Gasteiger partial charge in [-0.05, 0) is 4.92 Å². The van der Waals surface area contributed by atoms with E-state index in [1.54, 1.807) is 0 Å². The van der Waals surface area contributed by atoms with Crippen molar-refractivity contribution in [2.24, 2.45) is 0 Å². The van der Waals surface area contributed by atoms with Crippen LogP contribution in [0, 0.1) is 10.1 Å². The smallest absolute Gasteiger partial charge is 0.434 e. The van der Waals surface area contributed by atoms with Crippen LogP contribution in [0.15, 0.2) is 12.4 Å². The standard InChI is InChI=1S/C10H13ClN4O6/c1-20-6-7(21-10(17)13-8(16)4-11)5-14-3-2-12-9(14)15(18)19/h2-3,7H,4-6H2,1H3,(H,13,16,17)/t7-/m1/s1.